The van der Waals surface area contributed by atoms with Gasteiger partial charge in [0.1, 0.15) is 41.4 Å². The largest absolute Gasteiger partial charge is 0.497 e. The number of aromatic nitrogens is 2. The van der Waals surface area contributed by atoms with E-state index in [2.05, 4.69) is 9.97 Å². The Morgan fingerprint density at radius 1 is 1.06 bits per heavy atom. The second kappa shape index (κ2) is 16.3. The fourth-order valence-electron chi connectivity index (χ4n) is 6.25. The van der Waals surface area contributed by atoms with Gasteiger partial charge in [-0.3, -0.25) is 4.79 Å². The summed E-state index contributed by atoms with van der Waals surface area (Å²) in [7, 11) is 1.58. The maximum absolute atomic E-state index is 14.1. The van der Waals surface area contributed by atoms with Gasteiger partial charge in [-0.25, -0.2) is 19.2 Å². The van der Waals surface area contributed by atoms with E-state index in [0.717, 1.165) is 16.9 Å². The Morgan fingerprint density at radius 3 is 2.52 bits per heavy atom. The summed E-state index contributed by atoms with van der Waals surface area (Å²) in [6, 6.07) is 22.0. The number of ether oxygens (including phenoxy) is 5. The van der Waals surface area contributed by atoms with Crippen molar-refractivity contribution >= 4 is 45.4 Å². The molecule has 0 aliphatic carbocycles. The van der Waals surface area contributed by atoms with Gasteiger partial charge in [0.25, 0.3) is 0 Å². The maximum Gasteiger partial charge on any atom is 0.345 e. The molecule has 1 atom stereocenters. The summed E-state index contributed by atoms with van der Waals surface area (Å²) in [4.78, 5) is 34.9. The second-order valence-corrected chi connectivity index (χ2v) is 13.9. The molecule has 7 rings (SSSR count). The number of carbonyl (C=O) groups is 2. The lowest BCUT2D eigenvalue weighted by atomic mass is 9.94. The Hall–Kier alpha value is -5.40. The predicted octanol–water partition coefficient (Wildman–Crippen LogP) is 9.04. The number of aldehydes is 1. The summed E-state index contributed by atoms with van der Waals surface area (Å²) in [5, 5.41) is 11.4. The van der Waals surface area contributed by atoms with Crippen molar-refractivity contribution in [2.45, 2.75) is 38.8 Å². The first-order valence-corrected chi connectivity index (χ1v) is 18.2. The number of carboxylic acid groups (broad SMARTS) is 1. The van der Waals surface area contributed by atoms with E-state index in [9.17, 15) is 19.1 Å². The van der Waals surface area contributed by atoms with Gasteiger partial charge in [-0.1, -0.05) is 48.0 Å². The molecular weight excluding hydrogens is 735 g/mol. The van der Waals surface area contributed by atoms with Gasteiger partial charge in [-0.05, 0) is 83.6 Å². The van der Waals surface area contributed by atoms with Gasteiger partial charge in [0, 0.05) is 28.0 Å². The summed E-state index contributed by atoms with van der Waals surface area (Å²) in [5.41, 5.74) is 5.12. The van der Waals surface area contributed by atoms with Crippen molar-refractivity contribution < 1.29 is 42.8 Å². The Labute approximate surface area is 319 Å². The first-order valence-electron chi connectivity index (χ1n) is 17.0. The lowest BCUT2D eigenvalue weighted by molar-refractivity contribution is -0.182. The van der Waals surface area contributed by atoms with Crippen molar-refractivity contribution in [2.75, 3.05) is 20.3 Å². The van der Waals surface area contributed by atoms with Crippen LogP contribution in [0.15, 0.2) is 85.2 Å². The zero-order valence-electron chi connectivity index (χ0n) is 29.2. The molecule has 10 nitrogen and oxygen atoms in total. The highest BCUT2D eigenvalue weighted by molar-refractivity contribution is 7.22. The second-order valence-electron chi connectivity index (χ2n) is 12.5. The van der Waals surface area contributed by atoms with Crippen molar-refractivity contribution in [1.82, 2.24) is 9.97 Å². The van der Waals surface area contributed by atoms with E-state index < -0.39 is 24.2 Å². The topological polar surface area (TPSA) is 126 Å². The van der Waals surface area contributed by atoms with E-state index in [1.165, 1.54) is 29.8 Å². The van der Waals surface area contributed by atoms with Crippen LogP contribution >= 0.6 is 22.9 Å². The first-order chi connectivity index (χ1) is 26.2. The lowest BCUT2D eigenvalue weighted by Crippen LogP contribution is -2.30. The molecule has 6 aromatic rings. The molecule has 0 bridgehead atoms. The first kappa shape index (κ1) is 36.9. The monoisotopic (exact) mass is 768 g/mol. The van der Waals surface area contributed by atoms with E-state index >= 15 is 0 Å². The summed E-state index contributed by atoms with van der Waals surface area (Å²) in [5.74, 6) is -0.530. The van der Waals surface area contributed by atoms with E-state index in [-0.39, 0.29) is 18.9 Å². The number of rotatable bonds is 13. The number of carboxylic acids is 1. The fraction of sp³-hybridized carbons (Fsp3) is 0.220. The molecule has 1 saturated heterocycles. The van der Waals surface area contributed by atoms with Gasteiger partial charge in [0.05, 0.1) is 30.7 Å². The number of fused-ring (bicyclic) bond motifs is 1. The molecule has 54 heavy (non-hydrogen) atoms. The number of nitrogens with zero attached hydrogens (tertiary/aromatic N) is 2. The van der Waals surface area contributed by atoms with Crippen LogP contribution in [0.5, 0.6) is 17.4 Å². The minimum Gasteiger partial charge on any atom is -0.497 e. The van der Waals surface area contributed by atoms with Crippen molar-refractivity contribution in [1.29, 1.82) is 0 Å². The SMILES string of the molecule is COc1ccc(COc2ccc(C=O)cc2CC(Oc2ncnc3sc(-c4ccc(F)cc4)c(-c4ccc(C5OCCCO5)c(Cl)c4C)c23)C(=O)O)cc1. The van der Waals surface area contributed by atoms with Gasteiger partial charge >= 0.3 is 5.97 Å². The third-order valence-corrected chi connectivity index (χ3v) is 10.7. The molecule has 1 fully saturated rings. The zero-order chi connectivity index (χ0) is 37.8. The molecule has 0 saturated carbocycles. The molecule has 1 aliphatic heterocycles. The number of methoxy groups -OCH3 is 1. The molecular formula is C41H34ClFN2O8S. The Morgan fingerprint density at radius 2 is 1.81 bits per heavy atom. The summed E-state index contributed by atoms with van der Waals surface area (Å²) < 4.78 is 43.4. The van der Waals surface area contributed by atoms with Gasteiger partial charge in [0.15, 0.2) is 6.29 Å². The molecule has 1 aliphatic rings. The van der Waals surface area contributed by atoms with Crippen molar-refractivity contribution in [3.8, 4) is 38.9 Å². The van der Waals surface area contributed by atoms with Crippen LogP contribution in [-0.4, -0.2) is 53.8 Å². The van der Waals surface area contributed by atoms with Crippen LogP contribution in [0.2, 0.25) is 5.02 Å². The average Bonchev–Trinajstić information content (AvgIpc) is 3.59. The molecule has 2 aromatic heterocycles. The normalized spacial score (nSPS) is 13.8. The third kappa shape index (κ3) is 7.78. The summed E-state index contributed by atoms with van der Waals surface area (Å²) in [6.07, 6.45) is 0.544. The highest BCUT2D eigenvalue weighted by Gasteiger charge is 2.29. The summed E-state index contributed by atoms with van der Waals surface area (Å²) in [6.45, 7) is 3.15. The molecule has 276 valence electrons. The van der Waals surface area contributed by atoms with Crippen LogP contribution in [0.3, 0.4) is 0 Å². The highest BCUT2D eigenvalue weighted by Crippen LogP contribution is 2.49. The quantitative estimate of drug-likeness (QED) is 0.114. The van der Waals surface area contributed by atoms with Crippen LogP contribution < -0.4 is 14.2 Å². The maximum atomic E-state index is 14.1. The third-order valence-electron chi connectivity index (χ3n) is 9.04. The molecule has 13 heteroatoms. The van der Waals surface area contributed by atoms with Crippen molar-refractivity contribution in [3.63, 3.8) is 0 Å². The molecule has 0 spiro atoms. The molecule has 0 amide bonds. The number of carbonyl (C=O) groups excluding carboxylic acids is 1. The van der Waals surface area contributed by atoms with Crippen molar-refractivity contribution in [3.05, 3.63) is 124 Å². The molecule has 1 N–H and O–H groups in total. The number of hydrogen-bond acceptors (Lipinski definition) is 10. The Balaban J connectivity index is 1.29. The van der Waals surface area contributed by atoms with Gasteiger partial charge < -0.3 is 28.8 Å². The minimum absolute atomic E-state index is 0.0257. The Kier molecular flexibility index (Phi) is 11.2. The average molecular weight is 769 g/mol. The van der Waals surface area contributed by atoms with E-state index in [1.807, 2.05) is 43.3 Å². The predicted molar refractivity (Wildman–Crippen MR) is 202 cm³/mol. The highest BCUT2D eigenvalue weighted by atomic mass is 35.5. The molecule has 4 aromatic carbocycles. The number of halogens is 2. The van der Waals surface area contributed by atoms with Crippen LogP contribution in [0.4, 0.5) is 4.39 Å². The molecule has 0 radical (unpaired) electrons. The van der Waals surface area contributed by atoms with Crippen LogP contribution in [-0.2, 0) is 27.3 Å². The number of hydrogen-bond donors (Lipinski definition) is 1. The molecule has 3 heterocycles. The van der Waals surface area contributed by atoms with E-state index in [0.29, 0.717) is 85.2 Å². The Bertz CT molecular complexity index is 2310. The summed E-state index contributed by atoms with van der Waals surface area (Å²) >= 11 is 8.34. The van der Waals surface area contributed by atoms with Gasteiger partial charge in [0.2, 0.25) is 12.0 Å². The van der Waals surface area contributed by atoms with Crippen LogP contribution in [0.1, 0.15) is 45.3 Å². The smallest absolute Gasteiger partial charge is 0.345 e. The lowest BCUT2D eigenvalue weighted by Gasteiger charge is -2.25. The fourth-order valence-corrected chi connectivity index (χ4v) is 7.66. The van der Waals surface area contributed by atoms with Crippen molar-refractivity contribution in [2.24, 2.45) is 0 Å². The van der Waals surface area contributed by atoms with E-state index in [4.69, 9.17) is 35.3 Å². The van der Waals surface area contributed by atoms with Crippen LogP contribution in [0.25, 0.3) is 31.8 Å². The minimum atomic E-state index is -1.46. The van der Waals surface area contributed by atoms with Crippen LogP contribution in [0, 0.1) is 12.7 Å². The molecule has 1 unspecified atom stereocenters. The van der Waals surface area contributed by atoms with E-state index in [1.54, 1.807) is 37.4 Å². The standard InChI is InChI=1S/C41H34ClFN2O8S/c1-23-30(13-14-31(36(23)42)41-50-16-3-17-51-41)34-35-38(44-22-45-39(35)54-37(34)26-7-9-28(43)10-8-26)53-33(40(47)48)19-27-18-25(20-46)6-15-32(27)52-21-24-4-11-29(49-2)12-5-24/h4-15,18,20,22,33,41H,3,16-17,19,21H2,1-2H3,(H,47,48). The zero-order valence-corrected chi connectivity index (χ0v) is 30.8. The van der Waals surface area contributed by atoms with Gasteiger partial charge in [-0.2, -0.15) is 0 Å². The number of aliphatic carboxylic acids is 1. The number of thiophene rings is 1. The number of benzene rings is 4. The van der Waals surface area contributed by atoms with Gasteiger partial charge in [-0.15, -0.1) is 11.3 Å².